The summed E-state index contributed by atoms with van der Waals surface area (Å²) in [6, 6.07) is 6.97. The Kier molecular flexibility index (Phi) is 6.80. The van der Waals surface area contributed by atoms with E-state index in [1.54, 1.807) is 30.6 Å². The normalized spacial score (nSPS) is 16.8. The monoisotopic (exact) mass is 535 g/mol. The number of hydrogen-bond acceptors (Lipinski definition) is 7. The summed E-state index contributed by atoms with van der Waals surface area (Å²) < 4.78 is 13.8. The van der Waals surface area contributed by atoms with E-state index in [0.29, 0.717) is 28.5 Å². The first-order valence-electron chi connectivity index (χ1n) is 13.1. The third-order valence-corrected chi connectivity index (χ3v) is 7.87. The zero-order valence-corrected chi connectivity index (χ0v) is 22.0. The lowest BCUT2D eigenvalue weighted by atomic mass is 9.93. The number of benzene rings is 1. The Morgan fingerprint density at radius 2 is 1.97 bits per heavy atom. The van der Waals surface area contributed by atoms with Crippen LogP contribution in [0.1, 0.15) is 65.1 Å². The van der Waals surface area contributed by atoms with E-state index in [-0.39, 0.29) is 12.2 Å². The third-order valence-electron chi connectivity index (χ3n) is 7.57. The average molecular weight is 536 g/mol. The Labute approximate surface area is 225 Å². The maximum Gasteiger partial charge on any atom is 0.335 e. The Morgan fingerprint density at radius 3 is 2.71 bits per heavy atom. The van der Waals surface area contributed by atoms with E-state index < -0.39 is 5.97 Å². The molecule has 6 rings (SSSR count). The van der Waals surface area contributed by atoms with Gasteiger partial charge in [-0.25, -0.2) is 14.8 Å². The van der Waals surface area contributed by atoms with Crippen molar-refractivity contribution in [2.45, 2.75) is 51.2 Å². The lowest BCUT2D eigenvalue weighted by Crippen LogP contribution is -2.34. The number of pyridine rings is 1. The Hall–Kier alpha value is -3.43. The van der Waals surface area contributed by atoms with Gasteiger partial charge in [-0.15, -0.1) is 0 Å². The second-order valence-electron chi connectivity index (χ2n) is 10.3. The Morgan fingerprint density at radius 1 is 1.16 bits per heavy atom. The summed E-state index contributed by atoms with van der Waals surface area (Å²) in [6.45, 7) is 2.90. The topological polar surface area (TPSA) is 107 Å². The quantitative estimate of drug-likeness (QED) is 0.311. The molecule has 2 aliphatic rings. The van der Waals surface area contributed by atoms with E-state index in [9.17, 15) is 9.90 Å². The molecule has 1 aromatic carbocycles. The molecule has 4 aromatic rings. The van der Waals surface area contributed by atoms with Gasteiger partial charge in [0, 0.05) is 25.1 Å². The molecule has 0 bridgehead atoms. The number of oxazole rings is 1. The van der Waals surface area contributed by atoms with Crippen LogP contribution in [-0.2, 0) is 26.6 Å². The summed E-state index contributed by atoms with van der Waals surface area (Å²) in [5.41, 5.74) is 2.97. The van der Waals surface area contributed by atoms with Gasteiger partial charge in [-0.1, -0.05) is 11.6 Å². The molecule has 1 aliphatic carbocycles. The number of hydrogen-bond donors (Lipinski definition) is 1. The van der Waals surface area contributed by atoms with Gasteiger partial charge in [0.05, 0.1) is 40.6 Å². The predicted molar refractivity (Wildman–Crippen MR) is 141 cm³/mol. The Bertz CT molecular complexity index is 1470. The highest BCUT2D eigenvalue weighted by molar-refractivity contribution is 6.32. The molecule has 0 atom stereocenters. The van der Waals surface area contributed by atoms with Crippen LogP contribution in [0.15, 0.2) is 41.1 Å². The Balaban J connectivity index is 0.992. The number of nitrogens with zero attached hydrogens (tertiary/aromatic N) is 5. The standard InChI is InChI=1S/C28H30ClN5O4/c1-33-24-11-19(28(35)36)4-5-22(24)32-26(33)15-34-8-6-17(7-9-34)10-20-13-31-27(38-20)16-37-25-14-30-23(12-21(25)29)18-2-3-18/h4-5,11-14,17-18H,2-3,6-10,15-16H2,1H3,(H,35,36). The van der Waals surface area contributed by atoms with Crippen molar-refractivity contribution in [2.24, 2.45) is 13.0 Å². The zero-order valence-electron chi connectivity index (χ0n) is 21.3. The molecule has 198 valence electrons. The number of rotatable bonds is 9. The number of carboxylic acid groups (broad SMARTS) is 1. The van der Waals surface area contributed by atoms with Crippen LogP contribution in [0.5, 0.6) is 5.75 Å². The maximum absolute atomic E-state index is 11.3. The summed E-state index contributed by atoms with van der Waals surface area (Å²) in [5, 5.41) is 9.86. The first-order chi connectivity index (χ1) is 18.4. The lowest BCUT2D eigenvalue weighted by Gasteiger charge is -2.31. The summed E-state index contributed by atoms with van der Waals surface area (Å²) in [7, 11) is 1.95. The second kappa shape index (κ2) is 10.4. The van der Waals surface area contributed by atoms with Gasteiger partial charge in [0.15, 0.2) is 12.4 Å². The van der Waals surface area contributed by atoms with Crippen LogP contribution in [0.2, 0.25) is 5.02 Å². The number of likely N-dealkylation sites (tertiary alicyclic amines) is 1. The van der Waals surface area contributed by atoms with Crippen LogP contribution in [0, 0.1) is 5.92 Å². The van der Waals surface area contributed by atoms with Crippen molar-refractivity contribution in [1.82, 2.24) is 24.4 Å². The number of aromatic nitrogens is 4. The van der Waals surface area contributed by atoms with Crippen LogP contribution in [0.4, 0.5) is 0 Å². The number of carbonyl (C=O) groups is 1. The zero-order chi connectivity index (χ0) is 26.2. The van der Waals surface area contributed by atoms with E-state index >= 15 is 0 Å². The van der Waals surface area contributed by atoms with Gasteiger partial charge in [0.2, 0.25) is 5.89 Å². The number of imidazole rings is 1. The summed E-state index contributed by atoms with van der Waals surface area (Å²) >= 11 is 6.36. The molecule has 0 unspecified atom stereocenters. The minimum atomic E-state index is -0.928. The highest BCUT2D eigenvalue weighted by atomic mass is 35.5. The third kappa shape index (κ3) is 5.39. The average Bonchev–Trinajstić information content (AvgIpc) is 3.60. The summed E-state index contributed by atoms with van der Waals surface area (Å²) in [5.74, 6) is 3.05. The number of aryl methyl sites for hydroxylation is 1. The molecule has 4 heterocycles. The van der Waals surface area contributed by atoms with Gasteiger partial charge >= 0.3 is 5.97 Å². The predicted octanol–water partition coefficient (Wildman–Crippen LogP) is 5.22. The van der Waals surface area contributed by atoms with Crippen molar-refractivity contribution in [3.05, 3.63) is 70.4 Å². The van der Waals surface area contributed by atoms with Crippen LogP contribution in [0.25, 0.3) is 11.0 Å². The van der Waals surface area contributed by atoms with Crippen LogP contribution < -0.4 is 4.74 Å². The number of carboxylic acids is 1. The van der Waals surface area contributed by atoms with Gasteiger partial charge in [0.1, 0.15) is 11.6 Å². The molecule has 1 aliphatic heterocycles. The molecule has 0 spiro atoms. The molecule has 9 nitrogen and oxygen atoms in total. The van der Waals surface area contributed by atoms with Crippen molar-refractivity contribution in [3.63, 3.8) is 0 Å². The smallest absolute Gasteiger partial charge is 0.335 e. The van der Waals surface area contributed by atoms with E-state index in [1.807, 2.05) is 17.7 Å². The van der Waals surface area contributed by atoms with Gasteiger partial charge < -0.3 is 18.8 Å². The van der Waals surface area contributed by atoms with E-state index in [2.05, 4.69) is 14.9 Å². The van der Waals surface area contributed by atoms with Gasteiger partial charge in [-0.2, -0.15) is 0 Å². The lowest BCUT2D eigenvalue weighted by molar-refractivity contribution is 0.0697. The number of aromatic carboxylic acids is 1. The number of halogens is 1. The van der Waals surface area contributed by atoms with E-state index in [1.165, 1.54) is 12.8 Å². The molecule has 1 N–H and O–H groups in total. The number of ether oxygens (including phenoxy) is 1. The van der Waals surface area contributed by atoms with Crippen LogP contribution in [0.3, 0.4) is 0 Å². The maximum atomic E-state index is 11.3. The molecule has 0 amide bonds. The molecule has 1 saturated heterocycles. The number of piperidine rings is 1. The first kappa shape index (κ1) is 24.9. The molecule has 0 radical (unpaired) electrons. The molecule has 1 saturated carbocycles. The van der Waals surface area contributed by atoms with Gasteiger partial charge in [-0.3, -0.25) is 9.88 Å². The fraction of sp³-hybridized carbons (Fsp3) is 0.429. The minimum absolute atomic E-state index is 0.217. The van der Waals surface area contributed by atoms with Crippen LogP contribution in [-0.4, -0.2) is 48.6 Å². The van der Waals surface area contributed by atoms with Gasteiger partial charge in [-0.05, 0) is 69.0 Å². The first-order valence-corrected chi connectivity index (χ1v) is 13.4. The largest absolute Gasteiger partial charge is 0.481 e. The molecule has 2 fully saturated rings. The second-order valence-corrected chi connectivity index (χ2v) is 10.7. The van der Waals surface area contributed by atoms with Crippen molar-refractivity contribution >= 4 is 28.6 Å². The molecule has 3 aromatic heterocycles. The molecule has 10 heteroatoms. The van der Waals surface area contributed by atoms with Crippen molar-refractivity contribution in [3.8, 4) is 5.75 Å². The summed E-state index contributed by atoms with van der Waals surface area (Å²) in [6.07, 6.45) is 8.83. The highest BCUT2D eigenvalue weighted by Crippen LogP contribution is 2.40. The highest BCUT2D eigenvalue weighted by Gasteiger charge is 2.26. The molecule has 38 heavy (non-hydrogen) atoms. The van der Waals surface area contributed by atoms with Gasteiger partial charge in [0.25, 0.3) is 0 Å². The van der Waals surface area contributed by atoms with Crippen molar-refractivity contribution in [1.29, 1.82) is 0 Å². The van der Waals surface area contributed by atoms with Crippen molar-refractivity contribution < 1.29 is 19.1 Å². The van der Waals surface area contributed by atoms with E-state index in [0.717, 1.165) is 67.2 Å². The SMILES string of the molecule is Cn1c(CN2CCC(Cc3cnc(COc4cnc(C5CC5)cc4Cl)o3)CC2)nc2ccc(C(=O)O)cc21. The minimum Gasteiger partial charge on any atom is -0.481 e. The van der Waals surface area contributed by atoms with Crippen molar-refractivity contribution in [2.75, 3.05) is 13.1 Å². The molecular formula is C28H30ClN5O4. The fourth-order valence-corrected chi connectivity index (χ4v) is 5.35. The summed E-state index contributed by atoms with van der Waals surface area (Å²) in [4.78, 5) is 27.3. The fourth-order valence-electron chi connectivity index (χ4n) is 5.14. The number of fused-ring (bicyclic) bond motifs is 1. The van der Waals surface area contributed by atoms with E-state index in [4.69, 9.17) is 25.7 Å². The van der Waals surface area contributed by atoms with Crippen LogP contribution >= 0.6 is 11.6 Å². The molecular weight excluding hydrogens is 506 g/mol.